The van der Waals surface area contributed by atoms with Crippen molar-refractivity contribution in [3.8, 4) is 0 Å². The van der Waals surface area contributed by atoms with Crippen LogP contribution in [0, 0.1) is 20.8 Å². The van der Waals surface area contributed by atoms with E-state index in [1.165, 1.54) is 5.56 Å². The van der Waals surface area contributed by atoms with Gasteiger partial charge in [0.05, 0.1) is 19.6 Å². The van der Waals surface area contributed by atoms with Gasteiger partial charge in [0.25, 0.3) is 0 Å². The fourth-order valence-corrected chi connectivity index (χ4v) is 3.40. The summed E-state index contributed by atoms with van der Waals surface area (Å²) in [6, 6.07) is 8.03. The lowest BCUT2D eigenvalue weighted by Crippen LogP contribution is -2.38. The quantitative estimate of drug-likeness (QED) is 0.799. The maximum Gasteiger partial charge on any atom is 0.238 e. The van der Waals surface area contributed by atoms with E-state index >= 15 is 0 Å². The van der Waals surface area contributed by atoms with Crippen molar-refractivity contribution in [2.75, 3.05) is 25.5 Å². The van der Waals surface area contributed by atoms with E-state index in [-0.39, 0.29) is 24.9 Å². The molecule has 0 saturated carbocycles. The molecular weight excluding hydrogens is 334 g/mol. The first-order chi connectivity index (χ1) is 11.8. The van der Waals surface area contributed by atoms with Gasteiger partial charge in [0.2, 0.25) is 11.8 Å². The van der Waals surface area contributed by atoms with Gasteiger partial charge in [-0.25, -0.2) is 0 Å². The van der Waals surface area contributed by atoms with Crippen LogP contribution in [-0.2, 0) is 16.1 Å². The minimum Gasteiger partial charge on any atom is -0.350 e. The summed E-state index contributed by atoms with van der Waals surface area (Å²) < 4.78 is 0. The number of hydrogen-bond acceptors (Lipinski definition) is 4. The third-order valence-corrected chi connectivity index (χ3v) is 4.68. The molecule has 0 unspecified atom stereocenters. The van der Waals surface area contributed by atoms with Crippen molar-refractivity contribution >= 4 is 28.8 Å². The van der Waals surface area contributed by atoms with E-state index in [1.54, 1.807) is 23.3 Å². The number of rotatable bonds is 7. The number of hydrogen-bond donors (Lipinski definition) is 2. The molecule has 2 aromatic rings. The molecule has 0 spiro atoms. The molecule has 0 radical (unpaired) electrons. The first kappa shape index (κ1) is 19.1. The summed E-state index contributed by atoms with van der Waals surface area (Å²) in [4.78, 5) is 27.0. The monoisotopic (exact) mass is 359 g/mol. The van der Waals surface area contributed by atoms with Gasteiger partial charge < -0.3 is 10.6 Å². The highest BCUT2D eigenvalue weighted by Gasteiger charge is 2.13. The van der Waals surface area contributed by atoms with E-state index in [2.05, 4.69) is 10.6 Å². The zero-order valence-electron chi connectivity index (χ0n) is 15.2. The highest BCUT2D eigenvalue weighted by atomic mass is 32.1. The number of carbonyl (C=O) groups is 2. The Morgan fingerprint density at radius 3 is 2.32 bits per heavy atom. The summed E-state index contributed by atoms with van der Waals surface area (Å²) in [5, 5.41) is 7.79. The van der Waals surface area contributed by atoms with Gasteiger partial charge in [-0.2, -0.15) is 0 Å². The number of anilines is 1. The van der Waals surface area contributed by atoms with Crippen LogP contribution in [0.2, 0.25) is 0 Å². The summed E-state index contributed by atoms with van der Waals surface area (Å²) in [5.74, 6) is -0.213. The average molecular weight is 359 g/mol. The molecule has 134 valence electrons. The van der Waals surface area contributed by atoms with Crippen molar-refractivity contribution in [2.24, 2.45) is 0 Å². The number of aryl methyl sites for hydroxylation is 3. The van der Waals surface area contributed by atoms with Crippen molar-refractivity contribution in [2.45, 2.75) is 27.3 Å². The molecule has 2 rings (SSSR count). The molecule has 0 fully saturated rings. The van der Waals surface area contributed by atoms with Gasteiger partial charge in [-0.15, -0.1) is 11.3 Å². The molecule has 0 aliphatic rings. The molecule has 1 aromatic heterocycles. The Morgan fingerprint density at radius 1 is 1.08 bits per heavy atom. The molecule has 0 aliphatic carbocycles. The van der Waals surface area contributed by atoms with Crippen LogP contribution in [0.4, 0.5) is 5.69 Å². The van der Waals surface area contributed by atoms with Crippen molar-refractivity contribution in [1.82, 2.24) is 10.2 Å². The van der Waals surface area contributed by atoms with Crippen LogP contribution in [0.15, 0.2) is 29.6 Å². The highest BCUT2D eigenvalue weighted by Crippen LogP contribution is 2.21. The van der Waals surface area contributed by atoms with Crippen molar-refractivity contribution in [3.63, 3.8) is 0 Å². The van der Waals surface area contributed by atoms with E-state index in [4.69, 9.17) is 0 Å². The lowest BCUT2D eigenvalue weighted by atomic mass is 10.1. The minimum atomic E-state index is -0.122. The molecule has 0 saturated heterocycles. The maximum absolute atomic E-state index is 12.3. The first-order valence-electron chi connectivity index (χ1n) is 8.20. The number of thiophene rings is 1. The number of amides is 2. The summed E-state index contributed by atoms with van der Waals surface area (Å²) in [7, 11) is 1.76. The Hall–Kier alpha value is -2.18. The second-order valence-corrected chi connectivity index (χ2v) is 7.38. The second kappa shape index (κ2) is 8.78. The number of likely N-dealkylation sites (N-methyl/N-ethyl adjacent to an activating group) is 1. The number of carbonyl (C=O) groups excluding carboxylic acids is 2. The predicted octanol–water partition coefficient (Wildman–Crippen LogP) is 2.86. The topological polar surface area (TPSA) is 61.4 Å². The van der Waals surface area contributed by atoms with E-state index in [0.717, 1.165) is 21.7 Å². The standard InChI is InChI=1S/C19H25N3O2S/c1-13-8-14(2)19(15(3)9-13)21-18(24)12-22(4)11-17(23)20-10-16-6-5-7-25-16/h5-9H,10-12H2,1-4H3,(H,20,23)(H,21,24). The van der Waals surface area contributed by atoms with Crippen LogP contribution < -0.4 is 10.6 Å². The minimum absolute atomic E-state index is 0.0913. The Morgan fingerprint density at radius 2 is 1.72 bits per heavy atom. The Labute approximate surface area is 153 Å². The van der Waals surface area contributed by atoms with Crippen molar-refractivity contribution in [3.05, 3.63) is 51.2 Å². The SMILES string of the molecule is Cc1cc(C)c(NC(=O)CN(C)CC(=O)NCc2cccs2)c(C)c1. The number of nitrogens with one attached hydrogen (secondary N) is 2. The molecule has 25 heavy (non-hydrogen) atoms. The second-order valence-electron chi connectivity index (χ2n) is 6.35. The van der Waals surface area contributed by atoms with Gasteiger partial charge >= 0.3 is 0 Å². The van der Waals surface area contributed by atoms with Crippen LogP contribution in [0.25, 0.3) is 0 Å². The Kier molecular flexibility index (Phi) is 6.73. The zero-order valence-corrected chi connectivity index (χ0v) is 16.0. The fourth-order valence-electron chi connectivity index (χ4n) is 2.76. The van der Waals surface area contributed by atoms with Gasteiger partial charge in [-0.1, -0.05) is 23.8 Å². The van der Waals surface area contributed by atoms with E-state index in [9.17, 15) is 9.59 Å². The average Bonchev–Trinajstić information content (AvgIpc) is 3.02. The third-order valence-electron chi connectivity index (χ3n) is 3.81. The zero-order chi connectivity index (χ0) is 18.4. The van der Waals surface area contributed by atoms with Gasteiger partial charge in [-0.3, -0.25) is 14.5 Å². The summed E-state index contributed by atoms with van der Waals surface area (Å²) >= 11 is 1.61. The fraction of sp³-hybridized carbons (Fsp3) is 0.368. The Balaban J connectivity index is 1.80. The molecule has 1 heterocycles. The molecular formula is C19H25N3O2S. The number of nitrogens with zero attached hydrogens (tertiary/aromatic N) is 1. The largest absolute Gasteiger partial charge is 0.350 e. The van der Waals surface area contributed by atoms with E-state index < -0.39 is 0 Å². The summed E-state index contributed by atoms with van der Waals surface area (Å²) in [5.41, 5.74) is 4.11. The summed E-state index contributed by atoms with van der Waals surface area (Å²) in [6.07, 6.45) is 0. The third kappa shape index (κ3) is 5.99. The van der Waals surface area contributed by atoms with E-state index in [0.29, 0.717) is 6.54 Å². The predicted molar refractivity (Wildman–Crippen MR) is 103 cm³/mol. The number of benzene rings is 1. The molecule has 5 nitrogen and oxygen atoms in total. The molecule has 0 aliphatic heterocycles. The maximum atomic E-state index is 12.3. The van der Waals surface area contributed by atoms with Crippen LogP contribution in [-0.4, -0.2) is 36.9 Å². The highest BCUT2D eigenvalue weighted by molar-refractivity contribution is 7.09. The van der Waals surface area contributed by atoms with Gasteiger partial charge in [0, 0.05) is 10.6 Å². The molecule has 6 heteroatoms. The molecule has 1 aromatic carbocycles. The smallest absolute Gasteiger partial charge is 0.238 e. The molecule has 0 atom stereocenters. The van der Waals surface area contributed by atoms with Crippen molar-refractivity contribution < 1.29 is 9.59 Å². The lowest BCUT2D eigenvalue weighted by Gasteiger charge is -2.17. The Bertz CT molecular complexity index is 718. The molecule has 2 N–H and O–H groups in total. The van der Waals surface area contributed by atoms with Gasteiger partial charge in [0.15, 0.2) is 0 Å². The molecule has 0 bridgehead atoms. The van der Waals surface area contributed by atoms with E-state index in [1.807, 2.05) is 50.4 Å². The van der Waals surface area contributed by atoms with Crippen LogP contribution in [0.1, 0.15) is 21.6 Å². The van der Waals surface area contributed by atoms with Gasteiger partial charge in [0.1, 0.15) is 0 Å². The molecule has 2 amide bonds. The van der Waals surface area contributed by atoms with Crippen molar-refractivity contribution in [1.29, 1.82) is 0 Å². The lowest BCUT2D eigenvalue weighted by molar-refractivity contribution is -0.123. The normalized spacial score (nSPS) is 10.8. The van der Waals surface area contributed by atoms with Crippen LogP contribution >= 0.6 is 11.3 Å². The van der Waals surface area contributed by atoms with Gasteiger partial charge in [-0.05, 0) is 50.4 Å². The van der Waals surface area contributed by atoms with Crippen LogP contribution in [0.3, 0.4) is 0 Å². The first-order valence-corrected chi connectivity index (χ1v) is 9.08. The van der Waals surface area contributed by atoms with Crippen LogP contribution in [0.5, 0.6) is 0 Å². The summed E-state index contributed by atoms with van der Waals surface area (Å²) in [6.45, 7) is 6.88.